The van der Waals surface area contributed by atoms with E-state index < -0.39 is 20.8 Å². The fourth-order valence-corrected chi connectivity index (χ4v) is 4.09. The number of fused-ring (bicyclic) bond motifs is 3. The van der Waals surface area contributed by atoms with Crippen LogP contribution in [0.25, 0.3) is 0 Å². The van der Waals surface area contributed by atoms with Crippen LogP contribution in [0.4, 0.5) is 5.69 Å². The summed E-state index contributed by atoms with van der Waals surface area (Å²) in [5.41, 5.74) is 0.470. The van der Waals surface area contributed by atoms with Gasteiger partial charge in [-0.3, -0.25) is 9.69 Å². The second-order valence-electron chi connectivity index (χ2n) is 4.66. The van der Waals surface area contributed by atoms with E-state index in [0.717, 1.165) is 6.26 Å². The van der Waals surface area contributed by atoms with Gasteiger partial charge in [-0.2, -0.15) is 0 Å². The third-order valence-corrected chi connectivity index (χ3v) is 5.45. The molecule has 1 fully saturated rings. The van der Waals surface area contributed by atoms with Crippen LogP contribution < -0.4 is 9.64 Å². The van der Waals surface area contributed by atoms with Crippen LogP contribution in [0.5, 0.6) is 5.75 Å². The highest BCUT2D eigenvalue weighted by atomic mass is 32.2. The molecular formula is C12H13NO5S. The summed E-state index contributed by atoms with van der Waals surface area (Å²) in [6.07, 6.45) is 0.0753. The molecule has 0 radical (unpaired) electrons. The lowest BCUT2D eigenvalue weighted by molar-refractivity contribution is -0.144. The number of hydrogen-bond donors (Lipinski definition) is 0. The summed E-state index contributed by atoms with van der Waals surface area (Å²) in [6, 6.07) is 6.87. The molecule has 1 saturated heterocycles. The minimum Gasteiger partial charge on any atom is -0.488 e. The average Bonchev–Trinajstić information content (AvgIpc) is 2.35. The second kappa shape index (κ2) is 3.71. The van der Waals surface area contributed by atoms with E-state index in [1.807, 2.05) is 0 Å². The number of ether oxygens (including phenoxy) is 2. The van der Waals surface area contributed by atoms with Crippen LogP contribution in [0.15, 0.2) is 24.3 Å². The molecule has 2 atom stereocenters. The summed E-state index contributed by atoms with van der Waals surface area (Å²) < 4.78 is 34.9. The van der Waals surface area contributed by atoms with Crippen LogP contribution in [0.1, 0.15) is 0 Å². The van der Waals surface area contributed by atoms with E-state index in [1.165, 1.54) is 12.0 Å². The van der Waals surface area contributed by atoms with Gasteiger partial charge in [0.25, 0.3) is 5.91 Å². The van der Waals surface area contributed by atoms with Crippen LogP contribution in [0.2, 0.25) is 0 Å². The van der Waals surface area contributed by atoms with Crippen molar-refractivity contribution in [3.8, 4) is 5.75 Å². The Morgan fingerprint density at radius 1 is 1.42 bits per heavy atom. The van der Waals surface area contributed by atoms with E-state index in [0.29, 0.717) is 11.4 Å². The first-order chi connectivity index (χ1) is 8.93. The van der Waals surface area contributed by atoms with Gasteiger partial charge in [-0.05, 0) is 12.1 Å². The van der Waals surface area contributed by atoms with Crippen molar-refractivity contribution >= 4 is 21.4 Å². The van der Waals surface area contributed by atoms with E-state index in [2.05, 4.69) is 0 Å². The molecule has 0 bridgehead atoms. The monoisotopic (exact) mass is 283 g/mol. The van der Waals surface area contributed by atoms with Crippen molar-refractivity contribution in [1.29, 1.82) is 0 Å². The Morgan fingerprint density at radius 2 is 2.11 bits per heavy atom. The number of carbonyl (C=O) groups excluding carboxylic acids is 1. The van der Waals surface area contributed by atoms with Crippen LogP contribution in [0, 0.1) is 0 Å². The van der Waals surface area contributed by atoms with Crippen LogP contribution >= 0.6 is 0 Å². The summed E-state index contributed by atoms with van der Waals surface area (Å²) in [5, 5.41) is 0. The predicted octanol–water partition coefficient (Wildman–Crippen LogP) is 0.182. The smallest absolute Gasteiger partial charge is 0.261 e. The van der Waals surface area contributed by atoms with Gasteiger partial charge < -0.3 is 9.47 Å². The molecule has 0 spiro atoms. The maximum absolute atomic E-state index is 12.1. The van der Waals surface area contributed by atoms with Crippen molar-refractivity contribution in [1.82, 2.24) is 0 Å². The Bertz CT molecular complexity index is 656. The highest BCUT2D eigenvalue weighted by Crippen LogP contribution is 2.49. The molecule has 2 aliphatic heterocycles. The number of amides is 1. The van der Waals surface area contributed by atoms with Gasteiger partial charge in [-0.1, -0.05) is 12.1 Å². The van der Waals surface area contributed by atoms with Crippen molar-refractivity contribution < 1.29 is 22.7 Å². The number of hydrogen-bond acceptors (Lipinski definition) is 5. The van der Waals surface area contributed by atoms with Crippen molar-refractivity contribution in [3.63, 3.8) is 0 Å². The molecule has 19 heavy (non-hydrogen) atoms. The van der Waals surface area contributed by atoms with Gasteiger partial charge in [0.1, 0.15) is 12.4 Å². The Morgan fingerprint density at radius 3 is 2.74 bits per heavy atom. The van der Waals surface area contributed by atoms with Gasteiger partial charge in [0.05, 0.1) is 5.69 Å². The number of sulfone groups is 1. The lowest BCUT2D eigenvalue weighted by atomic mass is 9.94. The first-order valence-electron chi connectivity index (χ1n) is 5.72. The molecule has 0 aliphatic carbocycles. The molecule has 1 amide bonds. The van der Waals surface area contributed by atoms with E-state index >= 15 is 0 Å². The first-order valence-corrected chi connectivity index (χ1v) is 7.61. The van der Waals surface area contributed by atoms with Gasteiger partial charge in [0, 0.05) is 13.4 Å². The standard InChI is InChI=1S/C12H13NO5S/c1-17-10-11(14)13-8-5-3-4-6-9(8)18-7-12(10,13)19(2,15)16/h3-6,10H,7H2,1-2H3. The van der Waals surface area contributed by atoms with Crippen LogP contribution in [-0.2, 0) is 19.4 Å². The number of rotatable bonds is 2. The number of methoxy groups -OCH3 is 1. The molecule has 1 aromatic rings. The molecule has 0 aromatic heterocycles. The topological polar surface area (TPSA) is 72.9 Å². The Kier molecular flexibility index (Phi) is 2.42. The average molecular weight is 283 g/mol. The van der Waals surface area contributed by atoms with Gasteiger partial charge >= 0.3 is 0 Å². The minimum atomic E-state index is -3.57. The summed E-state index contributed by atoms with van der Waals surface area (Å²) in [4.78, 5) is 11.9. The van der Waals surface area contributed by atoms with Gasteiger partial charge in [-0.15, -0.1) is 0 Å². The normalized spacial score (nSPS) is 29.1. The van der Waals surface area contributed by atoms with E-state index in [1.54, 1.807) is 24.3 Å². The zero-order valence-corrected chi connectivity index (χ0v) is 11.3. The lowest BCUT2D eigenvalue weighted by Gasteiger charge is -2.56. The molecule has 6 nitrogen and oxygen atoms in total. The van der Waals surface area contributed by atoms with Gasteiger partial charge in [-0.25, -0.2) is 8.42 Å². The minimum absolute atomic E-state index is 0.118. The SMILES string of the molecule is COC1C(=O)N2c3ccccc3OCC12S(C)(=O)=O. The Labute approximate surface area is 110 Å². The van der Waals surface area contributed by atoms with Crippen LogP contribution in [0.3, 0.4) is 0 Å². The molecule has 2 aliphatic rings. The van der Waals surface area contributed by atoms with E-state index in [4.69, 9.17) is 9.47 Å². The highest BCUT2D eigenvalue weighted by Gasteiger charge is 2.70. The second-order valence-corrected chi connectivity index (χ2v) is 6.91. The zero-order valence-electron chi connectivity index (χ0n) is 10.5. The summed E-state index contributed by atoms with van der Waals surface area (Å²) in [7, 11) is -2.24. The maximum Gasteiger partial charge on any atom is 0.261 e. The van der Waals surface area contributed by atoms with E-state index in [-0.39, 0.29) is 12.5 Å². The van der Waals surface area contributed by atoms with Gasteiger partial charge in [0.2, 0.25) is 4.87 Å². The fourth-order valence-electron chi connectivity index (χ4n) is 2.71. The molecule has 2 heterocycles. The molecule has 0 saturated carbocycles. The number of para-hydroxylation sites is 2. The first kappa shape index (κ1) is 12.4. The van der Waals surface area contributed by atoms with E-state index in [9.17, 15) is 13.2 Å². The zero-order chi connectivity index (χ0) is 13.8. The summed E-state index contributed by atoms with van der Waals surface area (Å²) in [5.74, 6) is 0.147. The van der Waals surface area contributed by atoms with Crippen molar-refractivity contribution in [2.75, 3.05) is 24.9 Å². The number of nitrogens with zero attached hydrogens (tertiary/aromatic N) is 1. The highest BCUT2D eigenvalue weighted by molar-refractivity contribution is 7.92. The number of benzene rings is 1. The molecular weight excluding hydrogens is 270 g/mol. The van der Waals surface area contributed by atoms with Crippen molar-refractivity contribution in [2.24, 2.45) is 0 Å². The summed E-state index contributed by atoms with van der Waals surface area (Å²) in [6.45, 7) is -0.118. The van der Waals surface area contributed by atoms with Crippen LogP contribution in [-0.4, -0.2) is 45.3 Å². The molecule has 3 rings (SSSR count). The molecule has 0 N–H and O–H groups in total. The lowest BCUT2D eigenvalue weighted by Crippen LogP contribution is -2.81. The molecule has 2 unspecified atom stereocenters. The molecule has 1 aromatic carbocycles. The number of anilines is 1. The quantitative estimate of drug-likeness (QED) is 0.724. The summed E-state index contributed by atoms with van der Waals surface area (Å²) >= 11 is 0. The van der Waals surface area contributed by atoms with Crippen molar-refractivity contribution in [3.05, 3.63) is 24.3 Å². The predicted molar refractivity (Wildman–Crippen MR) is 67.8 cm³/mol. The molecule has 7 heteroatoms. The third-order valence-electron chi connectivity index (χ3n) is 3.65. The number of carbonyl (C=O) groups is 1. The van der Waals surface area contributed by atoms with Gasteiger partial charge in [0.15, 0.2) is 15.9 Å². The van der Waals surface area contributed by atoms with Crippen molar-refractivity contribution in [2.45, 2.75) is 11.0 Å². The number of β-lactam (4-membered cyclic amide) rings is 1. The maximum atomic E-state index is 12.1. The molecule has 102 valence electrons. The third kappa shape index (κ3) is 1.34. The Hall–Kier alpha value is -1.60. The fraction of sp³-hybridized carbons (Fsp3) is 0.417. The largest absolute Gasteiger partial charge is 0.488 e. The Balaban J connectivity index is 2.20.